The van der Waals surface area contributed by atoms with Crippen LogP contribution in [0.1, 0.15) is 22.3 Å². The Bertz CT molecular complexity index is 771. The number of carbonyl (C=O) groups is 1. The smallest absolute Gasteiger partial charge is 0.315 e. The number of hydrogen-bond acceptors (Lipinski definition) is 4. The molecule has 2 aromatic rings. The van der Waals surface area contributed by atoms with Gasteiger partial charge >= 0.3 is 6.03 Å². The summed E-state index contributed by atoms with van der Waals surface area (Å²) in [4.78, 5) is 16.8. The molecule has 1 heterocycles. The zero-order valence-electron chi connectivity index (χ0n) is 17.5. The van der Waals surface area contributed by atoms with Gasteiger partial charge in [-0.15, -0.1) is 0 Å². The van der Waals surface area contributed by atoms with Crippen LogP contribution < -0.4 is 10.6 Å². The number of ether oxygens (including phenoxy) is 1. The Morgan fingerprint density at radius 2 is 1.55 bits per heavy atom. The van der Waals surface area contributed by atoms with Gasteiger partial charge in [0.2, 0.25) is 0 Å². The van der Waals surface area contributed by atoms with Crippen LogP contribution in [0.3, 0.4) is 0 Å². The summed E-state index contributed by atoms with van der Waals surface area (Å²) in [6.07, 6.45) is 0. The minimum atomic E-state index is -0.149. The summed E-state index contributed by atoms with van der Waals surface area (Å²) in [6.45, 7) is 6.33. The van der Waals surface area contributed by atoms with Gasteiger partial charge in [0, 0.05) is 39.3 Å². The minimum Gasteiger partial charge on any atom is -0.379 e. The fourth-order valence-electron chi connectivity index (χ4n) is 3.43. The summed E-state index contributed by atoms with van der Waals surface area (Å²) in [7, 11) is 4.11. The predicted octanol–water partition coefficient (Wildman–Crippen LogP) is 2.58. The van der Waals surface area contributed by atoms with Crippen LogP contribution in [0, 0.1) is 0 Å². The Kier molecular flexibility index (Phi) is 8.04. The van der Waals surface area contributed by atoms with E-state index in [1.165, 1.54) is 11.1 Å². The maximum atomic E-state index is 12.2. The zero-order chi connectivity index (χ0) is 20.5. The number of morpholine rings is 1. The van der Waals surface area contributed by atoms with Crippen molar-refractivity contribution >= 4 is 6.03 Å². The Balaban J connectivity index is 1.45. The molecule has 0 atom stereocenters. The summed E-state index contributed by atoms with van der Waals surface area (Å²) in [6, 6.07) is 16.5. The lowest BCUT2D eigenvalue weighted by Gasteiger charge is -2.27. The molecule has 6 nitrogen and oxygen atoms in total. The minimum absolute atomic E-state index is 0.149. The first-order valence-electron chi connectivity index (χ1n) is 10.2. The summed E-state index contributed by atoms with van der Waals surface area (Å²) in [5.41, 5.74) is 4.77. The zero-order valence-corrected chi connectivity index (χ0v) is 17.5. The van der Waals surface area contributed by atoms with Gasteiger partial charge < -0.3 is 20.3 Å². The maximum absolute atomic E-state index is 12.2. The van der Waals surface area contributed by atoms with Crippen molar-refractivity contribution < 1.29 is 9.53 Å². The highest BCUT2D eigenvalue weighted by atomic mass is 16.5. The monoisotopic (exact) mass is 396 g/mol. The van der Waals surface area contributed by atoms with E-state index < -0.39 is 0 Å². The van der Waals surface area contributed by atoms with Crippen LogP contribution in [0.2, 0.25) is 0 Å². The van der Waals surface area contributed by atoms with Gasteiger partial charge in [-0.25, -0.2) is 4.79 Å². The van der Waals surface area contributed by atoms with E-state index in [4.69, 9.17) is 4.74 Å². The van der Waals surface area contributed by atoms with Gasteiger partial charge in [-0.2, -0.15) is 0 Å². The summed E-state index contributed by atoms with van der Waals surface area (Å²) >= 11 is 0. The number of benzene rings is 2. The molecule has 156 valence electrons. The van der Waals surface area contributed by atoms with Crippen LogP contribution in [0.15, 0.2) is 48.5 Å². The van der Waals surface area contributed by atoms with E-state index >= 15 is 0 Å². The lowest BCUT2D eigenvalue weighted by molar-refractivity contribution is 0.0341. The van der Waals surface area contributed by atoms with Crippen molar-refractivity contribution in [2.75, 3.05) is 40.4 Å². The molecule has 29 heavy (non-hydrogen) atoms. The molecule has 6 heteroatoms. The van der Waals surface area contributed by atoms with Gasteiger partial charge in [0.1, 0.15) is 0 Å². The van der Waals surface area contributed by atoms with Crippen molar-refractivity contribution in [2.45, 2.75) is 26.2 Å². The Labute approximate surface area is 173 Å². The molecule has 0 unspecified atom stereocenters. The quantitative estimate of drug-likeness (QED) is 0.720. The molecule has 1 aliphatic rings. The molecule has 0 spiro atoms. The molecule has 0 saturated carbocycles. The maximum Gasteiger partial charge on any atom is 0.315 e. The second-order valence-electron chi connectivity index (χ2n) is 7.75. The molecule has 2 amide bonds. The first kappa shape index (κ1) is 21.3. The normalized spacial score (nSPS) is 14.7. The second kappa shape index (κ2) is 11.0. The Hall–Kier alpha value is -2.41. The van der Waals surface area contributed by atoms with Gasteiger partial charge in [0.15, 0.2) is 0 Å². The molecule has 1 aliphatic heterocycles. The highest BCUT2D eigenvalue weighted by Crippen LogP contribution is 2.13. The lowest BCUT2D eigenvalue weighted by Crippen LogP contribution is -2.37. The highest BCUT2D eigenvalue weighted by molar-refractivity contribution is 5.73. The van der Waals surface area contributed by atoms with Crippen LogP contribution in [0.5, 0.6) is 0 Å². The van der Waals surface area contributed by atoms with Crippen LogP contribution in [-0.2, 0) is 30.9 Å². The standard InChI is InChI=1S/C23H32N4O2/c1-26(2)17-20-9-7-19(8-10-20)15-24-23(28)25-16-21-5-3-4-6-22(21)18-27-11-13-29-14-12-27/h3-10H,11-18H2,1-2H3,(H2,24,25,28). The first-order valence-corrected chi connectivity index (χ1v) is 10.2. The molecular weight excluding hydrogens is 364 g/mol. The number of rotatable bonds is 8. The van der Waals surface area contributed by atoms with E-state index in [0.29, 0.717) is 13.1 Å². The van der Waals surface area contributed by atoms with Crippen LogP contribution in [-0.4, -0.2) is 56.2 Å². The molecule has 0 aromatic heterocycles. The molecule has 1 saturated heterocycles. The Morgan fingerprint density at radius 3 is 2.24 bits per heavy atom. The summed E-state index contributed by atoms with van der Waals surface area (Å²) in [5, 5.41) is 5.93. The van der Waals surface area contributed by atoms with Gasteiger partial charge in [-0.05, 0) is 36.3 Å². The number of carbonyl (C=O) groups excluding carboxylic acids is 1. The average molecular weight is 397 g/mol. The molecule has 3 rings (SSSR count). The van der Waals surface area contributed by atoms with E-state index in [1.54, 1.807) is 0 Å². The van der Waals surface area contributed by atoms with Crippen LogP contribution >= 0.6 is 0 Å². The molecule has 0 aliphatic carbocycles. The van der Waals surface area contributed by atoms with E-state index in [2.05, 4.69) is 77.0 Å². The topological polar surface area (TPSA) is 56.8 Å². The highest BCUT2D eigenvalue weighted by Gasteiger charge is 2.13. The number of amides is 2. The second-order valence-corrected chi connectivity index (χ2v) is 7.75. The summed E-state index contributed by atoms with van der Waals surface area (Å²) < 4.78 is 5.42. The third-order valence-corrected chi connectivity index (χ3v) is 5.03. The van der Waals surface area contributed by atoms with Gasteiger partial charge in [-0.1, -0.05) is 48.5 Å². The first-order chi connectivity index (χ1) is 14.1. The van der Waals surface area contributed by atoms with E-state index in [1.807, 2.05) is 6.07 Å². The third kappa shape index (κ3) is 7.16. The fourth-order valence-corrected chi connectivity index (χ4v) is 3.43. The fraction of sp³-hybridized carbons (Fsp3) is 0.435. The lowest BCUT2D eigenvalue weighted by atomic mass is 10.1. The average Bonchev–Trinajstić information content (AvgIpc) is 2.73. The van der Waals surface area contributed by atoms with Crippen molar-refractivity contribution in [3.05, 3.63) is 70.8 Å². The third-order valence-electron chi connectivity index (χ3n) is 5.03. The van der Waals surface area contributed by atoms with Crippen molar-refractivity contribution in [2.24, 2.45) is 0 Å². The molecular formula is C23H32N4O2. The number of nitrogens with one attached hydrogen (secondary N) is 2. The van der Waals surface area contributed by atoms with Gasteiger partial charge in [0.25, 0.3) is 0 Å². The molecule has 0 radical (unpaired) electrons. The van der Waals surface area contributed by atoms with Gasteiger partial charge in [0.05, 0.1) is 13.2 Å². The number of urea groups is 1. The van der Waals surface area contributed by atoms with E-state index in [0.717, 1.165) is 50.5 Å². The van der Waals surface area contributed by atoms with Gasteiger partial charge in [-0.3, -0.25) is 4.90 Å². The molecule has 1 fully saturated rings. The summed E-state index contributed by atoms with van der Waals surface area (Å²) in [5.74, 6) is 0. The van der Waals surface area contributed by atoms with E-state index in [-0.39, 0.29) is 6.03 Å². The van der Waals surface area contributed by atoms with Crippen molar-refractivity contribution in [1.82, 2.24) is 20.4 Å². The van der Waals surface area contributed by atoms with Crippen molar-refractivity contribution in [1.29, 1.82) is 0 Å². The SMILES string of the molecule is CN(C)Cc1ccc(CNC(=O)NCc2ccccc2CN2CCOCC2)cc1. The molecule has 2 aromatic carbocycles. The number of nitrogens with zero attached hydrogens (tertiary/aromatic N) is 2. The largest absolute Gasteiger partial charge is 0.379 e. The predicted molar refractivity (Wildman–Crippen MR) is 115 cm³/mol. The van der Waals surface area contributed by atoms with Crippen molar-refractivity contribution in [3.63, 3.8) is 0 Å². The van der Waals surface area contributed by atoms with E-state index in [9.17, 15) is 4.79 Å². The molecule has 0 bridgehead atoms. The van der Waals surface area contributed by atoms with Crippen LogP contribution in [0.25, 0.3) is 0 Å². The Morgan fingerprint density at radius 1 is 0.931 bits per heavy atom. The van der Waals surface area contributed by atoms with Crippen molar-refractivity contribution in [3.8, 4) is 0 Å². The van der Waals surface area contributed by atoms with Crippen LogP contribution in [0.4, 0.5) is 4.79 Å². The number of hydrogen-bond donors (Lipinski definition) is 2. The molecule has 2 N–H and O–H groups in total.